The number of pyridine rings is 1. The Labute approximate surface area is 117 Å². The zero-order valence-electron chi connectivity index (χ0n) is 11.3. The smallest absolute Gasteiger partial charge is 0.191 e. The van der Waals surface area contributed by atoms with E-state index in [0.717, 1.165) is 22.3 Å². The van der Waals surface area contributed by atoms with E-state index in [1.807, 2.05) is 30.1 Å². The summed E-state index contributed by atoms with van der Waals surface area (Å²) < 4.78 is 2.30. The largest absolute Gasteiger partial charge is 0.299 e. The summed E-state index contributed by atoms with van der Waals surface area (Å²) in [5.41, 5.74) is 1.05. The summed E-state index contributed by atoms with van der Waals surface area (Å²) in [6.45, 7) is 4.46. The second-order valence-corrected chi connectivity index (χ2v) is 6.34. The van der Waals surface area contributed by atoms with Gasteiger partial charge in [-0.25, -0.2) is 0 Å². The van der Waals surface area contributed by atoms with Gasteiger partial charge in [0.25, 0.3) is 0 Å². The molecule has 5 heteroatoms. The molecule has 1 aliphatic rings. The number of nitrogens with zero attached hydrogens (tertiary/aromatic N) is 4. The van der Waals surface area contributed by atoms with E-state index in [-0.39, 0.29) is 0 Å². The van der Waals surface area contributed by atoms with Gasteiger partial charge in [0.2, 0.25) is 0 Å². The van der Waals surface area contributed by atoms with E-state index >= 15 is 0 Å². The van der Waals surface area contributed by atoms with Crippen LogP contribution in [0.1, 0.15) is 32.7 Å². The SMILES string of the molecule is CC(C)CSc1nnc(-c2cccnc2)n1C1CC1. The highest BCUT2D eigenvalue weighted by molar-refractivity contribution is 7.99. The van der Waals surface area contributed by atoms with Crippen LogP contribution in [0.25, 0.3) is 11.4 Å². The first-order valence-corrected chi connectivity index (χ1v) is 7.72. The van der Waals surface area contributed by atoms with Gasteiger partial charge in [-0.2, -0.15) is 0 Å². The number of aromatic nitrogens is 4. The molecule has 2 aromatic heterocycles. The second kappa shape index (κ2) is 5.33. The molecule has 0 atom stereocenters. The molecule has 0 unspecified atom stereocenters. The third-order valence-corrected chi connectivity index (χ3v) is 4.41. The van der Waals surface area contributed by atoms with Gasteiger partial charge in [0.05, 0.1) is 0 Å². The van der Waals surface area contributed by atoms with E-state index in [2.05, 4.69) is 33.6 Å². The van der Waals surface area contributed by atoms with Crippen LogP contribution in [-0.4, -0.2) is 25.5 Å². The Bertz CT molecular complexity index is 546. The molecule has 2 heterocycles. The summed E-state index contributed by atoms with van der Waals surface area (Å²) >= 11 is 1.81. The molecule has 0 bridgehead atoms. The first kappa shape index (κ1) is 12.7. The highest BCUT2D eigenvalue weighted by atomic mass is 32.2. The minimum Gasteiger partial charge on any atom is -0.299 e. The molecule has 3 rings (SSSR count). The van der Waals surface area contributed by atoms with Crippen LogP contribution >= 0.6 is 11.8 Å². The molecule has 19 heavy (non-hydrogen) atoms. The van der Waals surface area contributed by atoms with Gasteiger partial charge in [0.1, 0.15) is 0 Å². The maximum Gasteiger partial charge on any atom is 0.191 e. The van der Waals surface area contributed by atoms with Crippen molar-refractivity contribution in [3.63, 3.8) is 0 Å². The molecule has 0 N–H and O–H groups in total. The van der Waals surface area contributed by atoms with E-state index in [4.69, 9.17) is 0 Å². The summed E-state index contributed by atoms with van der Waals surface area (Å²) in [6, 6.07) is 4.58. The lowest BCUT2D eigenvalue weighted by Crippen LogP contribution is -2.01. The van der Waals surface area contributed by atoms with Crippen molar-refractivity contribution in [3.05, 3.63) is 24.5 Å². The minimum atomic E-state index is 0.583. The fraction of sp³-hybridized carbons (Fsp3) is 0.500. The third-order valence-electron chi connectivity index (χ3n) is 3.04. The summed E-state index contributed by atoms with van der Waals surface area (Å²) in [5.74, 6) is 2.70. The molecule has 0 amide bonds. The molecule has 1 saturated carbocycles. The van der Waals surface area contributed by atoms with Gasteiger partial charge in [-0.1, -0.05) is 25.6 Å². The number of thioether (sulfide) groups is 1. The predicted molar refractivity (Wildman–Crippen MR) is 77.1 cm³/mol. The van der Waals surface area contributed by atoms with Crippen LogP contribution in [0, 0.1) is 5.92 Å². The lowest BCUT2D eigenvalue weighted by atomic mass is 10.3. The summed E-state index contributed by atoms with van der Waals surface area (Å²) in [4.78, 5) is 4.18. The quantitative estimate of drug-likeness (QED) is 0.784. The molecule has 0 aromatic carbocycles. The van der Waals surface area contributed by atoms with E-state index in [1.54, 1.807) is 6.20 Å². The first-order chi connectivity index (χ1) is 9.25. The Balaban J connectivity index is 1.92. The molecule has 2 aromatic rings. The number of hydrogen-bond acceptors (Lipinski definition) is 4. The van der Waals surface area contributed by atoms with Crippen molar-refractivity contribution in [1.29, 1.82) is 0 Å². The maximum atomic E-state index is 4.38. The van der Waals surface area contributed by atoms with Gasteiger partial charge in [-0.15, -0.1) is 10.2 Å². The van der Waals surface area contributed by atoms with Crippen LogP contribution in [0.4, 0.5) is 0 Å². The molecule has 1 aliphatic carbocycles. The standard InChI is InChI=1S/C14H18N4S/c1-10(2)9-19-14-17-16-13(18(14)12-5-6-12)11-4-3-7-15-8-11/h3-4,7-8,10,12H,5-6,9H2,1-2H3. The Hall–Kier alpha value is -1.36. The van der Waals surface area contributed by atoms with Gasteiger partial charge in [0, 0.05) is 29.8 Å². The molecule has 100 valence electrons. The summed E-state index contributed by atoms with van der Waals surface area (Å²) in [7, 11) is 0. The molecular formula is C14H18N4S. The average Bonchev–Trinajstić information content (AvgIpc) is 3.17. The Morgan fingerprint density at radius 3 is 2.84 bits per heavy atom. The highest BCUT2D eigenvalue weighted by Gasteiger charge is 2.30. The van der Waals surface area contributed by atoms with Crippen molar-refractivity contribution in [2.75, 3.05) is 5.75 Å². The van der Waals surface area contributed by atoms with Gasteiger partial charge < -0.3 is 0 Å². The van der Waals surface area contributed by atoms with Crippen molar-refractivity contribution in [1.82, 2.24) is 19.7 Å². The molecular weight excluding hydrogens is 256 g/mol. The van der Waals surface area contributed by atoms with E-state index in [1.165, 1.54) is 12.8 Å². The van der Waals surface area contributed by atoms with E-state index in [0.29, 0.717) is 12.0 Å². The molecule has 4 nitrogen and oxygen atoms in total. The minimum absolute atomic E-state index is 0.583. The van der Waals surface area contributed by atoms with Crippen molar-refractivity contribution in [2.45, 2.75) is 37.9 Å². The Morgan fingerprint density at radius 2 is 2.21 bits per heavy atom. The monoisotopic (exact) mass is 274 g/mol. The van der Waals surface area contributed by atoms with Crippen LogP contribution in [-0.2, 0) is 0 Å². The van der Waals surface area contributed by atoms with Gasteiger partial charge in [-0.3, -0.25) is 9.55 Å². The molecule has 0 saturated heterocycles. The first-order valence-electron chi connectivity index (χ1n) is 6.74. The van der Waals surface area contributed by atoms with Crippen molar-refractivity contribution in [3.8, 4) is 11.4 Å². The summed E-state index contributed by atoms with van der Waals surface area (Å²) in [5, 5.41) is 9.80. The fourth-order valence-corrected chi connectivity index (χ4v) is 2.93. The van der Waals surface area contributed by atoms with Crippen LogP contribution in [0.2, 0.25) is 0 Å². The number of hydrogen-bond donors (Lipinski definition) is 0. The van der Waals surface area contributed by atoms with Crippen molar-refractivity contribution in [2.24, 2.45) is 5.92 Å². The summed E-state index contributed by atoms with van der Waals surface area (Å²) in [6.07, 6.45) is 6.12. The predicted octanol–water partition coefficient (Wildman–Crippen LogP) is 3.42. The molecule has 0 radical (unpaired) electrons. The third kappa shape index (κ3) is 2.81. The van der Waals surface area contributed by atoms with Crippen LogP contribution in [0.3, 0.4) is 0 Å². The molecule has 0 spiro atoms. The normalized spacial score (nSPS) is 15.1. The molecule has 1 fully saturated rings. The van der Waals surface area contributed by atoms with Gasteiger partial charge in [-0.05, 0) is 30.9 Å². The topological polar surface area (TPSA) is 43.6 Å². The van der Waals surface area contributed by atoms with Crippen LogP contribution < -0.4 is 0 Å². The molecule has 0 aliphatic heterocycles. The zero-order chi connectivity index (χ0) is 13.2. The Morgan fingerprint density at radius 1 is 1.37 bits per heavy atom. The lowest BCUT2D eigenvalue weighted by molar-refractivity contribution is 0.665. The lowest BCUT2D eigenvalue weighted by Gasteiger charge is -2.09. The maximum absolute atomic E-state index is 4.38. The van der Waals surface area contributed by atoms with Crippen LogP contribution in [0.5, 0.6) is 0 Å². The van der Waals surface area contributed by atoms with Gasteiger partial charge in [0.15, 0.2) is 11.0 Å². The highest BCUT2D eigenvalue weighted by Crippen LogP contribution is 2.41. The van der Waals surface area contributed by atoms with E-state index in [9.17, 15) is 0 Å². The Kier molecular flexibility index (Phi) is 3.55. The number of rotatable bonds is 5. The van der Waals surface area contributed by atoms with Crippen molar-refractivity contribution < 1.29 is 0 Å². The van der Waals surface area contributed by atoms with Crippen molar-refractivity contribution >= 4 is 11.8 Å². The second-order valence-electron chi connectivity index (χ2n) is 5.35. The van der Waals surface area contributed by atoms with E-state index < -0.39 is 0 Å². The fourth-order valence-electron chi connectivity index (χ4n) is 1.97. The zero-order valence-corrected chi connectivity index (χ0v) is 12.1. The van der Waals surface area contributed by atoms with Gasteiger partial charge >= 0.3 is 0 Å². The van der Waals surface area contributed by atoms with Crippen LogP contribution in [0.15, 0.2) is 29.7 Å². The average molecular weight is 274 g/mol.